The summed E-state index contributed by atoms with van der Waals surface area (Å²) in [6, 6.07) is 7.24. The van der Waals surface area contributed by atoms with Gasteiger partial charge in [-0.2, -0.15) is 0 Å². The van der Waals surface area contributed by atoms with Crippen LogP contribution in [-0.2, 0) is 14.3 Å². The van der Waals surface area contributed by atoms with Crippen molar-refractivity contribution in [1.82, 2.24) is 0 Å². The van der Waals surface area contributed by atoms with Crippen LogP contribution in [0, 0.1) is 5.92 Å². The predicted molar refractivity (Wildman–Crippen MR) is 72.7 cm³/mol. The number of ether oxygens (including phenoxy) is 1. The van der Waals surface area contributed by atoms with Gasteiger partial charge in [0.2, 0.25) is 5.91 Å². The summed E-state index contributed by atoms with van der Waals surface area (Å²) in [5.74, 6) is -1.64. The molecular formula is C15H17NO4. The summed E-state index contributed by atoms with van der Waals surface area (Å²) in [5.41, 5.74) is 1.45. The molecule has 3 atom stereocenters. The fourth-order valence-electron chi connectivity index (χ4n) is 2.86. The van der Waals surface area contributed by atoms with Crippen molar-refractivity contribution in [3.8, 4) is 0 Å². The standard InChI is InChI=1S/C15H17NO4/c1-2-20-13-7-10(13)14(17)16-8-11(15(18)19)9-5-3-4-6-12(9)16/h3-6,10-11,13H,2,7-8H2,1H3,(H,18,19). The van der Waals surface area contributed by atoms with Crippen molar-refractivity contribution >= 4 is 17.6 Å². The second-order valence-corrected chi connectivity index (χ2v) is 5.23. The summed E-state index contributed by atoms with van der Waals surface area (Å²) in [7, 11) is 0. The lowest BCUT2D eigenvalue weighted by Gasteiger charge is -2.17. The maximum absolute atomic E-state index is 12.5. The lowest BCUT2D eigenvalue weighted by molar-refractivity contribution is -0.138. The van der Waals surface area contributed by atoms with E-state index < -0.39 is 11.9 Å². The number of fused-ring (bicyclic) bond motifs is 1. The Kier molecular flexibility index (Phi) is 3.22. The van der Waals surface area contributed by atoms with Crippen LogP contribution < -0.4 is 4.90 Å². The van der Waals surface area contributed by atoms with Crippen LogP contribution in [0.4, 0.5) is 5.69 Å². The number of carbonyl (C=O) groups excluding carboxylic acids is 1. The fraction of sp³-hybridized carbons (Fsp3) is 0.467. The van der Waals surface area contributed by atoms with Gasteiger partial charge in [-0.1, -0.05) is 18.2 Å². The molecule has 0 radical (unpaired) electrons. The highest BCUT2D eigenvalue weighted by atomic mass is 16.5. The van der Waals surface area contributed by atoms with Crippen molar-refractivity contribution in [3.05, 3.63) is 29.8 Å². The molecule has 2 aliphatic rings. The molecule has 1 aliphatic heterocycles. The molecule has 1 aromatic carbocycles. The number of hydrogen-bond donors (Lipinski definition) is 1. The van der Waals surface area contributed by atoms with E-state index >= 15 is 0 Å². The zero-order chi connectivity index (χ0) is 14.3. The van der Waals surface area contributed by atoms with Crippen molar-refractivity contribution < 1.29 is 19.4 Å². The number of carbonyl (C=O) groups is 2. The van der Waals surface area contributed by atoms with E-state index in [1.807, 2.05) is 25.1 Å². The van der Waals surface area contributed by atoms with E-state index in [1.54, 1.807) is 11.0 Å². The van der Waals surface area contributed by atoms with Crippen LogP contribution in [0.3, 0.4) is 0 Å². The lowest BCUT2D eigenvalue weighted by atomic mass is 10.0. The average molecular weight is 275 g/mol. The third-order valence-electron chi connectivity index (χ3n) is 3.96. The summed E-state index contributed by atoms with van der Waals surface area (Å²) in [6.07, 6.45) is 0.742. The van der Waals surface area contributed by atoms with E-state index in [-0.39, 0.29) is 24.5 Å². The van der Waals surface area contributed by atoms with E-state index in [1.165, 1.54) is 0 Å². The minimum Gasteiger partial charge on any atom is -0.481 e. The Balaban J connectivity index is 1.82. The van der Waals surface area contributed by atoms with E-state index in [9.17, 15) is 14.7 Å². The SMILES string of the molecule is CCOC1CC1C(=O)N1CC(C(=O)O)c2ccccc21. The minimum absolute atomic E-state index is 0.00328. The highest BCUT2D eigenvalue weighted by molar-refractivity contribution is 6.01. The van der Waals surface area contributed by atoms with Gasteiger partial charge in [0.05, 0.1) is 12.0 Å². The number of carboxylic acid groups (broad SMARTS) is 1. The predicted octanol–water partition coefficient (Wildman–Crippen LogP) is 1.63. The highest BCUT2D eigenvalue weighted by Gasteiger charge is 2.48. The van der Waals surface area contributed by atoms with E-state index in [2.05, 4.69) is 0 Å². The lowest BCUT2D eigenvalue weighted by Crippen LogP contribution is -2.33. The first kappa shape index (κ1) is 13.1. The normalized spacial score (nSPS) is 27.2. The van der Waals surface area contributed by atoms with Crippen LogP contribution in [-0.4, -0.2) is 36.2 Å². The third-order valence-corrected chi connectivity index (χ3v) is 3.96. The first-order valence-corrected chi connectivity index (χ1v) is 6.88. The molecular weight excluding hydrogens is 258 g/mol. The highest BCUT2D eigenvalue weighted by Crippen LogP contribution is 2.42. The zero-order valence-corrected chi connectivity index (χ0v) is 11.3. The number of nitrogens with zero attached hydrogens (tertiary/aromatic N) is 1. The molecule has 1 heterocycles. The summed E-state index contributed by atoms with van der Waals surface area (Å²) >= 11 is 0. The second-order valence-electron chi connectivity index (χ2n) is 5.23. The van der Waals surface area contributed by atoms with E-state index in [0.717, 1.165) is 17.7 Å². The van der Waals surface area contributed by atoms with E-state index in [4.69, 9.17) is 4.74 Å². The van der Waals surface area contributed by atoms with Crippen LogP contribution in [0.1, 0.15) is 24.8 Å². The molecule has 0 spiro atoms. The van der Waals surface area contributed by atoms with Crippen LogP contribution in [0.2, 0.25) is 0 Å². The number of aliphatic carboxylic acids is 1. The van der Waals surface area contributed by atoms with Crippen molar-refractivity contribution in [2.45, 2.75) is 25.4 Å². The Morgan fingerprint density at radius 1 is 1.40 bits per heavy atom. The summed E-state index contributed by atoms with van der Waals surface area (Å²) in [4.78, 5) is 25.4. The van der Waals surface area contributed by atoms with Gasteiger partial charge in [-0.3, -0.25) is 9.59 Å². The zero-order valence-electron chi connectivity index (χ0n) is 11.3. The first-order valence-electron chi connectivity index (χ1n) is 6.88. The third kappa shape index (κ3) is 2.08. The van der Waals surface area contributed by atoms with Crippen LogP contribution >= 0.6 is 0 Å². The topological polar surface area (TPSA) is 66.8 Å². The molecule has 5 nitrogen and oxygen atoms in total. The van der Waals surface area contributed by atoms with Crippen LogP contribution in [0.5, 0.6) is 0 Å². The fourth-order valence-corrected chi connectivity index (χ4v) is 2.86. The molecule has 1 fully saturated rings. The first-order chi connectivity index (χ1) is 9.63. The van der Waals surface area contributed by atoms with Gasteiger partial charge in [-0.25, -0.2) is 0 Å². The van der Waals surface area contributed by atoms with Gasteiger partial charge in [0.25, 0.3) is 0 Å². The molecule has 1 saturated carbocycles. The largest absolute Gasteiger partial charge is 0.481 e. The van der Waals surface area contributed by atoms with E-state index in [0.29, 0.717) is 6.61 Å². The smallest absolute Gasteiger partial charge is 0.312 e. The number of amides is 1. The number of benzene rings is 1. The van der Waals surface area contributed by atoms with Crippen molar-refractivity contribution in [1.29, 1.82) is 0 Å². The molecule has 1 amide bonds. The molecule has 5 heteroatoms. The van der Waals surface area contributed by atoms with Crippen molar-refractivity contribution in [3.63, 3.8) is 0 Å². The van der Waals surface area contributed by atoms with Crippen molar-refractivity contribution in [2.75, 3.05) is 18.1 Å². The Bertz CT molecular complexity index is 557. The van der Waals surface area contributed by atoms with Gasteiger partial charge in [-0.15, -0.1) is 0 Å². The number of carboxylic acids is 1. The number of anilines is 1. The maximum atomic E-state index is 12.5. The maximum Gasteiger partial charge on any atom is 0.312 e. The van der Waals surface area contributed by atoms with Gasteiger partial charge in [0, 0.05) is 18.8 Å². The monoisotopic (exact) mass is 275 g/mol. The Hall–Kier alpha value is -1.88. The summed E-state index contributed by atoms with van der Waals surface area (Å²) in [5, 5.41) is 9.29. The van der Waals surface area contributed by atoms with Gasteiger partial charge >= 0.3 is 5.97 Å². The molecule has 106 valence electrons. The molecule has 20 heavy (non-hydrogen) atoms. The number of rotatable bonds is 4. The van der Waals surface area contributed by atoms with Crippen LogP contribution in [0.15, 0.2) is 24.3 Å². The van der Waals surface area contributed by atoms with Crippen LogP contribution in [0.25, 0.3) is 0 Å². The van der Waals surface area contributed by atoms with Gasteiger partial charge in [0.15, 0.2) is 0 Å². The Labute approximate surface area is 117 Å². The molecule has 0 saturated heterocycles. The summed E-state index contributed by atoms with van der Waals surface area (Å²) < 4.78 is 5.44. The Morgan fingerprint density at radius 3 is 2.85 bits per heavy atom. The molecule has 0 aromatic heterocycles. The number of para-hydroxylation sites is 1. The second kappa shape index (κ2) is 4.90. The van der Waals surface area contributed by atoms with Crippen molar-refractivity contribution in [2.24, 2.45) is 5.92 Å². The number of hydrogen-bond acceptors (Lipinski definition) is 3. The van der Waals surface area contributed by atoms with Gasteiger partial charge in [-0.05, 0) is 25.0 Å². The average Bonchev–Trinajstić information content (AvgIpc) is 3.09. The quantitative estimate of drug-likeness (QED) is 0.907. The Morgan fingerprint density at radius 2 is 2.15 bits per heavy atom. The van der Waals surface area contributed by atoms with Gasteiger partial charge in [0.1, 0.15) is 5.92 Å². The molecule has 1 N–H and O–H groups in total. The molecule has 1 aromatic rings. The molecule has 3 unspecified atom stereocenters. The minimum atomic E-state index is -0.884. The molecule has 3 rings (SSSR count). The molecule has 0 bridgehead atoms. The van der Waals surface area contributed by atoms with Gasteiger partial charge < -0.3 is 14.7 Å². The molecule has 1 aliphatic carbocycles. The summed E-state index contributed by atoms with van der Waals surface area (Å²) in [6.45, 7) is 2.73.